The molecule has 20 heavy (non-hydrogen) atoms. The van der Waals surface area contributed by atoms with E-state index in [1.165, 1.54) is 0 Å². The first kappa shape index (κ1) is 14.8. The van der Waals surface area contributed by atoms with Gasteiger partial charge in [0.15, 0.2) is 0 Å². The molecule has 2 aromatic heterocycles. The number of aryl methyl sites for hydroxylation is 2. The molecule has 0 aliphatic rings. The van der Waals surface area contributed by atoms with Crippen LogP contribution in [0.5, 0.6) is 0 Å². The third-order valence-corrected chi connectivity index (χ3v) is 4.29. The van der Waals surface area contributed by atoms with E-state index in [9.17, 15) is 13.2 Å². The van der Waals surface area contributed by atoms with Crippen molar-refractivity contribution in [2.75, 3.05) is 0 Å². The van der Waals surface area contributed by atoms with Gasteiger partial charge in [0.05, 0.1) is 17.1 Å². The number of rotatable bonds is 4. The Morgan fingerprint density at radius 2 is 2.15 bits per heavy atom. The van der Waals surface area contributed by atoms with Crippen LogP contribution in [0.2, 0.25) is 5.02 Å². The lowest BCUT2D eigenvalue weighted by Gasteiger charge is -2.04. The number of pyridine rings is 1. The Bertz CT molecular complexity index is 775. The smallest absolute Gasteiger partial charge is 0.266 e. The number of aromatic amines is 1. The maximum Gasteiger partial charge on any atom is 0.266 e. The monoisotopic (exact) mass is 317 g/mol. The van der Waals surface area contributed by atoms with E-state index >= 15 is 0 Å². The summed E-state index contributed by atoms with van der Waals surface area (Å²) < 4.78 is 31.6. The third-order valence-electron chi connectivity index (χ3n) is 2.63. The lowest BCUT2D eigenvalue weighted by atomic mass is 10.4. The van der Waals surface area contributed by atoms with Crippen molar-refractivity contribution in [2.45, 2.75) is 25.3 Å². The van der Waals surface area contributed by atoms with Gasteiger partial charge < -0.3 is 9.40 Å². The van der Waals surface area contributed by atoms with Crippen molar-refractivity contribution in [2.24, 2.45) is 0 Å². The second-order valence-corrected chi connectivity index (χ2v) is 6.26. The number of nitrogens with zero attached hydrogens (tertiary/aromatic N) is 1. The van der Waals surface area contributed by atoms with Crippen LogP contribution in [0.15, 0.2) is 26.4 Å². The summed E-state index contributed by atoms with van der Waals surface area (Å²) in [5, 5.41) is -0.198. The summed E-state index contributed by atoms with van der Waals surface area (Å²) in [5.74, 6) is 0.894. The highest BCUT2D eigenvalue weighted by Gasteiger charge is 2.17. The van der Waals surface area contributed by atoms with Crippen LogP contribution in [0.3, 0.4) is 0 Å². The molecular formula is C11H12ClN3O4S. The maximum absolute atomic E-state index is 12.0. The zero-order valence-electron chi connectivity index (χ0n) is 10.7. The first-order valence-corrected chi connectivity index (χ1v) is 7.46. The predicted octanol–water partition coefficient (Wildman–Crippen LogP) is 1.11. The quantitative estimate of drug-likeness (QED) is 0.879. The summed E-state index contributed by atoms with van der Waals surface area (Å²) in [5.41, 5.74) is 0.149. The van der Waals surface area contributed by atoms with Crippen LogP contribution in [0, 0.1) is 13.8 Å². The van der Waals surface area contributed by atoms with Crippen molar-refractivity contribution in [1.29, 1.82) is 0 Å². The molecule has 0 saturated heterocycles. The van der Waals surface area contributed by atoms with E-state index in [4.69, 9.17) is 16.0 Å². The molecule has 2 heterocycles. The summed E-state index contributed by atoms with van der Waals surface area (Å²) in [6.45, 7) is 3.41. The molecule has 0 amide bonds. The molecule has 0 bridgehead atoms. The van der Waals surface area contributed by atoms with Crippen molar-refractivity contribution in [1.82, 2.24) is 14.7 Å². The van der Waals surface area contributed by atoms with Crippen molar-refractivity contribution in [3.63, 3.8) is 0 Å². The fourth-order valence-corrected chi connectivity index (χ4v) is 2.65. The average Bonchev–Trinajstić information content (AvgIpc) is 2.70. The minimum absolute atomic E-state index is 0.0895. The van der Waals surface area contributed by atoms with E-state index in [1.54, 1.807) is 13.8 Å². The highest BCUT2D eigenvalue weighted by molar-refractivity contribution is 7.89. The Hall–Kier alpha value is -1.64. The second kappa shape index (κ2) is 5.39. The molecule has 0 unspecified atom stereocenters. The average molecular weight is 318 g/mol. The SMILES string of the molecule is Cc1nc(CNS(=O)(=O)c2c[nH]c(=O)c(Cl)c2)oc1C. The highest BCUT2D eigenvalue weighted by atomic mass is 35.5. The van der Waals surface area contributed by atoms with Gasteiger partial charge in [0, 0.05) is 6.20 Å². The molecule has 2 aromatic rings. The Labute approximate surface area is 120 Å². The number of oxazole rings is 1. The third kappa shape index (κ3) is 3.09. The number of hydrogen-bond acceptors (Lipinski definition) is 5. The Morgan fingerprint density at radius 3 is 2.70 bits per heavy atom. The number of halogens is 1. The second-order valence-electron chi connectivity index (χ2n) is 4.09. The van der Waals surface area contributed by atoms with E-state index in [0.29, 0.717) is 11.5 Å². The molecule has 0 atom stereocenters. The molecule has 2 N–H and O–H groups in total. The predicted molar refractivity (Wildman–Crippen MR) is 72.1 cm³/mol. The van der Waals surface area contributed by atoms with Crippen molar-refractivity contribution in [3.8, 4) is 0 Å². The topological polar surface area (TPSA) is 105 Å². The lowest BCUT2D eigenvalue weighted by Crippen LogP contribution is -2.24. The van der Waals surface area contributed by atoms with Gasteiger partial charge in [-0.15, -0.1) is 0 Å². The molecule has 0 spiro atoms. The standard InChI is InChI=1S/C11H12ClN3O4S/c1-6-7(2)19-10(15-6)5-14-20(17,18)8-3-9(12)11(16)13-4-8/h3-4,14H,5H2,1-2H3,(H,13,16). The number of aromatic nitrogens is 2. The van der Waals surface area contributed by atoms with Crippen LogP contribution in [-0.2, 0) is 16.6 Å². The molecule has 9 heteroatoms. The number of H-pyrrole nitrogens is 1. The van der Waals surface area contributed by atoms with Gasteiger partial charge in [0.1, 0.15) is 10.8 Å². The van der Waals surface area contributed by atoms with Gasteiger partial charge in [-0.2, -0.15) is 0 Å². The summed E-state index contributed by atoms with van der Waals surface area (Å²) in [7, 11) is -3.81. The van der Waals surface area contributed by atoms with Gasteiger partial charge in [-0.1, -0.05) is 11.6 Å². The minimum atomic E-state index is -3.81. The van der Waals surface area contributed by atoms with Crippen LogP contribution >= 0.6 is 11.6 Å². The van der Waals surface area contributed by atoms with Crippen LogP contribution in [0.1, 0.15) is 17.3 Å². The van der Waals surface area contributed by atoms with E-state index in [0.717, 1.165) is 12.3 Å². The van der Waals surface area contributed by atoms with Crippen molar-refractivity contribution < 1.29 is 12.8 Å². The summed E-state index contributed by atoms with van der Waals surface area (Å²) in [6, 6.07) is 1.08. The molecule has 7 nitrogen and oxygen atoms in total. The van der Waals surface area contributed by atoms with Gasteiger partial charge in [0.25, 0.3) is 5.56 Å². The van der Waals surface area contributed by atoms with Crippen LogP contribution in [-0.4, -0.2) is 18.4 Å². The molecule has 2 rings (SSSR count). The van der Waals surface area contributed by atoms with Gasteiger partial charge in [0.2, 0.25) is 15.9 Å². The molecule has 0 radical (unpaired) electrons. The number of nitrogens with one attached hydrogen (secondary N) is 2. The Balaban J connectivity index is 2.18. The van der Waals surface area contributed by atoms with E-state index in [-0.39, 0.29) is 22.4 Å². The zero-order valence-corrected chi connectivity index (χ0v) is 12.3. The van der Waals surface area contributed by atoms with Crippen molar-refractivity contribution in [3.05, 3.63) is 45.0 Å². The van der Waals surface area contributed by atoms with Crippen LogP contribution < -0.4 is 10.3 Å². The zero-order chi connectivity index (χ0) is 14.9. The fraction of sp³-hybridized carbons (Fsp3) is 0.273. The number of hydrogen-bond donors (Lipinski definition) is 2. The Morgan fingerprint density at radius 1 is 1.45 bits per heavy atom. The maximum atomic E-state index is 12.0. The summed E-state index contributed by atoms with van der Waals surface area (Å²) >= 11 is 5.59. The van der Waals surface area contributed by atoms with Crippen LogP contribution in [0.25, 0.3) is 0 Å². The fourth-order valence-electron chi connectivity index (χ4n) is 1.45. The summed E-state index contributed by atoms with van der Waals surface area (Å²) in [4.78, 5) is 17.3. The van der Waals surface area contributed by atoms with E-state index in [2.05, 4.69) is 14.7 Å². The van der Waals surface area contributed by atoms with Crippen LogP contribution in [0.4, 0.5) is 0 Å². The first-order valence-electron chi connectivity index (χ1n) is 5.60. The van der Waals surface area contributed by atoms with Crippen molar-refractivity contribution >= 4 is 21.6 Å². The van der Waals surface area contributed by atoms with E-state index < -0.39 is 15.6 Å². The molecule has 108 valence electrons. The molecule has 0 saturated carbocycles. The van der Waals surface area contributed by atoms with Gasteiger partial charge in [-0.25, -0.2) is 18.1 Å². The molecule has 0 fully saturated rings. The first-order chi connectivity index (χ1) is 9.29. The normalized spacial score (nSPS) is 11.8. The Kier molecular flexibility index (Phi) is 3.98. The number of sulfonamides is 1. The van der Waals surface area contributed by atoms with Gasteiger partial charge in [-0.05, 0) is 19.9 Å². The van der Waals surface area contributed by atoms with Gasteiger partial charge >= 0.3 is 0 Å². The largest absolute Gasteiger partial charge is 0.444 e. The lowest BCUT2D eigenvalue weighted by molar-refractivity contribution is 0.463. The molecular weight excluding hydrogens is 306 g/mol. The highest BCUT2D eigenvalue weighted by Crippen LogP contribution is 2.12. The molecule has 0 aliphatic heterocycles. The van der Waals surface area contributed by atoms with E-state index in [1.807, 2.05) is 0 Å². The summed E-state index contributed by atoms with van der Waals surface area (Å²) in [6.07, 6.45) is 1.07. The van der Waals surface area contributed by atoms with Gasteiger partial charge in [-0.3, -0.25) is 4.79 Å². The minimum Gasteiger partial charge on any atom is -0.444 e. The molecule has 0 aliphatic carbocycles. The molecule has 0 aromatic carbocycles.